The predicted octanol–water partition coefficient (Wildman–Crippen LogP) is 1.78. The van der Waals surface area contributed by atoms with Gasteiger partial charge < -0.3 is 26.6 Å². The van der Waals surface area contributed by atoms with Crippen molar-refractivity contribution in [3.63, 3.8) is 0 Å². The van der Waals surface area contributed by atoms with Crippen LogP contribution in [0.1, 0.15) is 28.2 Å². The number of hydrogen-bond acceptors (Lipinski definition) is 10. The van der Waals surface area contributed by atoms with E-state index in [-0.39, 0.29) is 42.1 Å². The third-order valence-electron chi connectivity index (χ3n) is 5.69. The maximum Gasteiger partial charge on any atom is 0.270 e. The van der Waals surface area contributed by atoms with Crippen LogP contribution in [0, 0.1) is 5.92 Å². The zero-order valence-electron chi connectivity index (χ0n) is 18.8. The van der Waals surface area contributed by atoms with Gasteiger partial charge in [0.2, 0.25) is 5.88 Å². The van der Waals surface area contributed by atoms with E-state index in [0.29, 0.717) is 12.5 Å². The Morgan fingerprint density at radius 1 is 1.26 bits per heavy atom. The molecule has 6 N–H and O–H groups in total. The molecule has 180 valence electrons. The Kier molecular flexibility index (Phi) is 7.88. The largest absolute Gasteiger partial charge is 0.474 e. The molecule has 0 spiro atoms. The molecule has 3 aromatic heterocycles. The Bertz CT molecular complexity index is 1100. The van der Waals surface area contributed by atoms with Gasteiger partial charge in [0.15, 0.2) is 0 Å². The summed E-state index contributed by atoms with van der Waals surface area (Å²) in [6.07, 6.45) is 5.70. The third kappa shape index (κ3) is 5.99. The van der Waals surface area contributed by atoms with Crippen LogP contribution >= 0.6 is 11.3 Å². The SMILES string of the molecule is Nc1cc(C(=O)NCC2CCN(Cc3cnc(-c4ccccn4)s3)CC2)nc(OCCO)c1N. The van der Waals surface area contributed by atoms with Gasteiger partial charge in [0.05, 0.1) is 18.0 Å². The summed E-state index contributed by atoms with van der Waals surface area (Å²) in [5, 5.41) is 12.8. The van der Waals surface area contributed by atoms with Crippen LogP contribution in [-0.4, -0.2) is 63.7 Å². The molecule has 0 aromatic carbocycles. The molecule has 1 aliphatic rings. The zero-order chi connectivity index (χ0) is 23.9. The summed E-state index contributed by atoms with van der Waals surface area (Å²) >= 11 is 1.68. The topological polar surface area (TPSA) is 153 Å². The van der Waals surface area contributed by atoms with Gasteiger partial charge in [-0.3, -0.25) is 14.7 Å². The number of carbonyl (C=O) groups is 1. The highest BCUT2D eigenvalue weighted by Gasteiger charge is 2.22. The van der Waals surface area contributed by atoms with E-state index >= 15 is 0 Å². The van der Waals surface area contributed by atoms with Crippen LogP contribution in [-0.2, 0) is 6.54 Å². The van der Waals surface area contributed by atoms with E-state index in [4.69, 9.17) is 21.3 Å². The van der Waals surface area contributed by atoms with Crippen molar-refractivity contribution in [1.82, 2.24) is 25.2 Å². The molecule has 1 fully saturated rings. The van der Waals surface area contributed by atoms with Crippen LogP contribution < -0.4 is 21.5 Å². The minimum absolute atomic E-state index is 0.0201. The molecular formula is C23H29N7O3S. The number of aliphatic hydroxyl groups is 1. The van der Waals surface area contributed by atoms with Crippen molar-refractivity contribution in [3.05, 3.63) is 47.2 Å². The van der Waals surface area contributed by atoms with E-state index in [0.717, 1.165) is 43.2 Å². The summed E-state index contributed by atoms with van der Waals surface area (Å²) in [6.45, 7) is 3.19. The smallest absolute Gasteiger partial charge is 0.270 e. The summed E-state index contributed by atoms with van der Waals surface area (Å²) in [6, 6.07) is 7.28. The number of nitrogens with zero attached hydrogens (tertiary/aromatic N) is 4. The fraction of sp³-hybridized carbons (Fsp3) is 0.391. The highest BCUT2D eigenvalue weighted by molar-refractivity contribution is 7.14. The van der Waals surface area contributed by atoms with Gasteiger partial charge in [0.25, 0.3) is 5.91 Å². The molecule has 10 nitrogen and oxygen atoms in total. The molecule has 34 heavy (non-hydrogen) atoms. The highest BCUT2D eigenvalue weighted by Crippen LogP contribution is 2.27. The first kappa shape index (κ1) is 23.9. The fourth-order valence-corrected chi connectivity index (χ4v) is 4.74. The number of ether oxygens (including phenoxy) is 1. The van der Waals surface area contributed by atoms with Gasteiger partial charge >= 0.3 is 0 Å². The number of nitrogens with one attached hydrogen (secondary N) is 1. The standard InChI is InChI=1S/C23H29N7O3S/c24-17-11-19(29-22(20(17)25)33-10-9-31)21(32)27-12-15-4-7-30(8-5-15)14-16-13-28-23(34-16)18-3-1-2-6-26-18/h1-3,6,11,13,15,31H,4-5,7-10,12,14,25H2,(H2,24,29)(H,27,32). The number of rotatable bonds is 9. The molecule has 0 saturated carbocycles. The maximum atomic E-state index is 12.6. The Labute approximate surface area is 202 Å². The first-order valence-electron chi connectivity index (χ1n) is 11.2. The number of anilines is 2. The number of thiazole rings is 1. The average molecular weight is 484 g/mol. The second-order valence-corrected chi connectivity index (χ2v) is 9.28. The molecule has 0 unspecified atom stereocenters. The van der Waals surface area contributed by atoms with Gasteiger partial charge in [-0.1, -0.05) is 6.07 Å². The number of nitrogens with two attached hydrogens (primary N) is 2. The number of aliphatic hydroxyl groups excluding tert-OH is 1. The number of hydrogen-bond donors (Lipinski definition) is 4. The molecule has 1 saturated heterocycles. The van der Waals surface area contributed by atoms with Crippen LogP contribution in [0.4, 0.5) is 11.4 Å². The molecule has 1 amide bonds. The second kappa shape index (κ2) is 11.2. The van der Waals surface area contributed by atoms with Gasteiger partial charge in [-0.05, 0) is 50.0 Å². The van der Waals surface area contributed by atoms with E-state index in [9.17, 15) is 4.79 Å². The number of aromatic nitrogens is 3. The molecule has 3 aromatic rings. The molecular weight excluding hydrogens is 454 g/mol. The maximum absolute atomic E-state index is 12.6. The Balaban J connectivity index is 1.24. The van der Waals surface area contributed by atoms with E-state index in [1.807, 2.05) is 24.4 Å². The number of nitrogen functional groups attached to an aromatic ring is 2. The van der Waals surface area contributed by atoms with Gasteiger partial charge in [-0.2, -0.15) is 0 Å². The Hall–Kier alpha value is -3.28. The lowest BCUT2D eigenvalue weighted by atomic mass is 9.96. The molecule has 0 aliphatic carbocycles. The van der Waals surface area contributed by atoms with Crippen molar-refractivity contribution in [2.45, 2.75) is 19.4 Å². The van der Waals surface area contributed by atoms with Crippen LogP contribution in [0.15, 0.2) is 36.7 Å². The van der Waals surface area contributed by atoms with Crippen molar-refractivity contribution < 1.29 is 14.6 Å². The zero-order valence-corrected chi connectivity index (χ0v) is 19.6. The summed E-state index contributed by atoms with van der Waals surface area (Å²) in [4.78, 5) is 29.3. The minimum Gasteiger partial charge on any atom is -0.474 e. The summed E-state index contributed by atoms with van der Waals surface area (Å²) in [5.74, 6) is 0.124. The van der Waals surface area contributed by atoms with Crippen molar-refractivity contribution in [3.8, 4) is 16.6 Å². The summed E-state index contributed by atoms with van der Waals surface area (Å²) < 4.78 is 5.28. The summed E-state index contributed by atoms with van der Waals surface area (Å²) in [7, 11) is 0. The van der Waals surface area contributed by atoms with E-state index in [1.165, 1.54) is 10.9 Å². The van der Waals surface area contributed by atoms with Crippen molar-refractivity contribution in [2.24, 2.45) is 5.92 Å². The van der Waals surface area contributed by atoms with Crippen LogP contribution in [0.3, 0.4) is 0 Å². The van der Waals surface area contributed by atoms with Crippen molar-refractivity contribution in [2.75, 3.05) is 44.3 Å². The van der Waals surface area contributed by atoms with Gasteiger partial charge in [-0.25, -0.2) is 9.97 Å². The van der Waals surface area contributed by atoms with E-state index in [2.05, 4.69) is 25.2 Å². The van der Waals surface area contributed by atoms with Gasteiger partial charge in [0.1, 0.15) is 23.0 Å². The minimum atomic E-state index is -0.324. The lowest BCUT2D eigenvalue weighted by molar-refractivity contribution is 0.0929. The number of likely N-dealkylation sites (tertiary alicyclic amines) is 1. The highest BCUT2D eigenvalue weighted by atomic mass is 32.1. The monoisotopic (exact) mass is 483 g/mol. The van der Waals surface area contributed by atoms with Crippen molar-refractivity contribution in [1.29, 1.82) is 0 Å². The molecule has 0 atom stereocenters. The molecule has 1 aliphatic heterocycles. The molecule has 0 bridgehead atoms. The molecule has 4 rings (SSSR count). The van der Waals surface area contributed by atoms with Crippen LogP contribution in [0.2, 0.25) is 0 Å². The van der Waals surface area contributed by atoms with E-state index < -0.39 is 0 Å². The fourth-order valence-electron chi connectivity index (χ4n) is 3.80. The van der Waals surface area contributed by atoms with Gasteiger partial charge in [-0.15, -0.1) is 11.3 Å². The predicted molar refractivity (Wildman–Crippen MR) is 131 cm³/mol. The molecule has 11 heteroatoms. The summed E-state index contributed by atoms with van der Waals surface area (Å²) in [5.41, 5.74) is 13.1. The third-order valence-corrected chi connectivity index (χ3v) is 6.70. The Morgan fingerprint density at radius 2 is 2.09 bits per heavy atom. The van der Waals surface area contributed by atoms with E-state index in [1.54, 1.807) is 17.5 Å². The average Bonchev–Trinajstić information content (AvgIpc) is 3.33. The van der Waals surface area contributed by atoms with Crippen LogP contribution in [0.25, 0.3) is 10.7 Å². The first-order valence-corrected chi connectivity index (χ1v) is 12.0. The number of piperidine rings is 1. The quantitative estimate of drug-likeness (QED) is 0.357. The molecule has 4 heterocycles. The number of carbonyl (C=O) groups excluding carboxylic acids is 1. The second-order valence-electron chi connectivity index (χ2n) is 8.16. The Morgan fingerprint density at radius 3 is 2.82 bits per heavy atom. The number of pyridine rings is 2. The molecule has 0 radical (unpaired) electrons. The van der Waals surface area contributed by atoms with Crippen LogP contribution in [0.5, 0.6) is 5.88 Å². The lowest BCUT2D eigenvalue weighted by Crippen LogP contribution is -2.38. The number of amides is 1. The van der Waals surface area contributed by atoms with Crippen molar-refractivity contribution >= 4 is 28.6 Å². The first-order chi connectivity index (χ1) is 16.5. The lowest BCUT2D eigenvalue weighted by Gasteiger charge is -2.31. The normalized spacial score (nSPS) is 14.7. The van der Waals surface area contributed by atoms with Gasteiger partial charge in [0, 0.05) is 30.4 Å².